The summed E-state index contributed by atoms with van der Waals surface area (Å²) in [5.41, 5.74) is 2.89. The minimum Gasteiger partial charge on any atom is -0.452 e. The summed E-state index contributed by atoms with van der Waals surface area (Å²) < 4.78 is 5.24. The van der Waals surface area contributed by atoms with E-state index in [0.717, 1.165) is 16.7 Å². The van der Waals surface area contributed by atoms with Crippen molar-refractivity contribution in [2.45, 2.75) is 13.0 Å². The average Bonchev–Trinajstić information content (AvgIpc) is 2.73. The van der Waals surface area contributed by atoms with E-state index in [-0.39, 0.29) is 12.6 Å². The summed E-state index contributed by atoms with van der Waals surface area (Å²) in [6.45, 7) is 1.46. The van der Waals surface area contributed by atoms with Gasteiger partial charge in [-0.05, 0) is 35.7 Å². The average molecular weight is 394 g/mol. The van der Waals surface area contributed by atoms with E-state index < -0.39 is 11.9 Å². The van der Waals surface area contributed by atoms with E-state index in [1.807, 2.05) is 67.6 Å². The third kappa shape index (κ3) is 4.78. The molecule has 0 heterocycles. The van der Waals surface area contributed by atoms with Crippen LogP contribution >= 0.6 is 11.6 Å². The van der Waals surface area contributed by atoms with E-state index in [1.54, 1.807) is 18.2 Å². The highest BCUT2D eigenvalue weighted by Crippen LogP contribution is 2.24. The van der Waals surface area contributed by atoms with Gasteiger partial charge in [-0.3, -0.25) is 4.79 Å². The lowest BCUT2D eigenvalue weighted by Gasteiger charge is -2.16. The smallest absolute Gasteiger partial charge is 0.339 e. The molecule has 0 spiro atoms. The monoisotopic (exact) mass is 393 g/mol. The van der Waals surface area contributed by atoms with Gasteiger partial charge in [0.15, 0.2) is 6.61 Å². The number of hydrogen-bond donors (Lipinski definition) is 1. The Morgan fingerprint density at radius 2 is 1.57 bits per heavy atom. The number of halogens is 1. The molecule has 4 nitrogen and oxygen atoms in total. The number of ether oxygens (including phenoxy) is 1. The van der Waals surface area contributed by atoms with Gasteiger partial charge in [0.25, 0.3) is 5.91 Å². The summed E-state index contributed by atoms with van der Waals surface area (Å²) in [4.78, 5) is 24.7. The fourth-order valence-corrected chi connectivity index (χ4v) is 3.23. The third-order valence-electron chi connectivity index (χ3n) is 4.32. The number of nitrogens with one attached hydrogen (secondary N) is 1. The van der Waals surface area contributed by atoms with Crippen molar-refractivity contribution < 1.29 is 14.3 Å². The Bertz CT molecular complexity index is 972. The summed E-state index contributed by atoms with van der Waals surface area (Å²) in [7, 11) is 0. The first-order valence-electron chi connectivity index (χ1n) is 8.91. The highest BCUT2D eigenvalue weighted by atomic mass is 35.5. The highest BCUT2D eigenvalue weighted by molar-refractivity contribution is 6.31. The molecule has 0 aromatic heterocycles. The van der Waals surface area contributed by atoms with Gasteiger partial charge in [-0.1, -0.05) is 78.3 Å². The van der Waals surface area contributed by atoms with E-state index in [9.17, 15) is 9.59 Å². The number of amides is 1. The lowest BCUT2D eigenvalue weighted by atomic mass is 10.00. The quantitative estimate of drug-likeness (QED) is 0.597. The molecule has 0 aliphatic heterocycles. The first-order valence-corrected chi connectivity index (χ1v) is 9.29. The van der Waals surface area contributed by atoms with Crippen molar-refractivity contribution in [3.05, 3.63) is 95.0 Å². The summed E-state index contributed by atoms with van der Waals surface area (Å²) in [6, 6.07) is 23.7. The number of carbonyl (C=O) groups is 2. The SMILES string of the molecule is C[C@H](NC(=O)COC(=O)c1ccccc1-c1ccccc1)c1ccccc1Cl. The number of hydrogen-bond acceptors (Lipinski definition) is 3. The van der Waals surface area contributed by atoms with Crippen LogP contribution in [-0.2, 0) is 9.53 Å². The van der Waals surface area contributed by atoms with Crippen LogP contribution in [0.15, 0.2) is 78.9 Å². The molecule has 3 aromatic carbocycles. The van der Waals surface area contributed by atoms with Crippen LogP contribution in [0.2, 0.25) is 5.02 Å². The van der Waals surface area contributed by atoms with Gasteiger partial charge in [0.1, 0.15) is 0 Å². The third-order valence-corrected chi connectivity index (χ3v) is 4.66. The summed E-state index contributed by atoms with van der Waals surface area (Å²) in [5, 5.41) is 3.36. The van der Waals surface area contributed by atoms with Crippen LogP contribution in [0.25, 0.3) is 11.1 Å². The molecule has 0 bridgehead atoms. The first-order chi connectivity index (χ1) is 13.6. The molecule has 28 heavy (non-hydrogen) atoms. The van der Waals surface area contributed by atoms with Crippen LogP contribution in [0.5, 0.6) is 0 Å². The second kappa shape index (κ2) is 9.20. The standard InChI is InChI=1S/C23H20ClNO3/c1-16(18-11-7-8-14-21(18)24)25-22(26)15-28-23(27)20-13-6-5-12-19(20)17-9-3-2-4-10-17/h2-14,16H,15H2,1H3,(H,25,26)/t16-/m0/s1. The Hall–Kier alpha value is -3.11. The van der Waals surface area contributed by atoms with Crippen molar-refractivity contribution in [1.82, 2.24) is 5.32 Å². The maximum absolute atomic E-state index is 12.5. The molecule has 1 atom stereocenters. The Kier molecular flexibility index (Phi) is 6.45. The fraction of sp³-hybridized carbons (Fsp3) is 0.130. The van der Waals surface area contributed by atoms with E-state index in [4.69, 9.17) is 16.3 Å². The molecule has 3 rings (SSSR count). The molecule has 0 unspecified atom stereocenters. The molecule has 0 fully saturated rings. The molecule has 0 aliphatic rings. The van der Waals surface area contributed by atoms with Gasteiger partial charge >= 0.3 is 5.97 Å². The second-order valence-electron chi connectivity index (χ2n) is 6.30. The Labute approximate surface area is 169 Å². The van der Waals surface area contributed by atoms with Crippen molar-refractivity contribution in [1.29, 1.82) is 0 Å². The van der Waals surface area contributed by atoms with Gasteiger partial charge in [-0.15, -0.1) is 0 Å². The normalized spacial score (nSPS) is 11.5. The Morgan fingerprint density at radius 3 is 2.32 bits per heavy atom. The predicted molar refractivity (Wildman–Crippen MR) is 110 cm³/mol. The maximum atomic E-state index is 12.5. The lowest BCUT2D eigenvalue weighted by molar-refractivity contribution is -0.124. The summed E-state index contributed by atoms with van der Waals surface area (Å²) in [5.74, 6) is -0.932. The predicted octanol–water partition coefficient (Wildman–Crippen LogP) is 5.04. The van der Waals surface area contributed by atoms with Crippen LogP contribution in [-0.4, -0.2) is 18.5 Å². The zero-order valence-electron chi connectivity index (χ0n) is 15.4. The summed E-state index contributed by atoms with van der Waals surface area (Å²) >= 11 is 6.15. The molecule has 0 radical (unpaired) electrons. The molecule has 0 aliphatic carbocycles. The molecule has 0 saturated carbocycles. The van der Waals surface area contributed by atoms with Gasteiger partial charge in [0, 0.05) is 5.02 Å². The molecular weight excluding hydrogens is 374 g/mol. The van der Waals surface area contributed by atoms with E-state index in [1.165, 1.54) is 0 Å². The number of carbonyl (C=O) groups excluding carboxylic acids is 2. The van der Waals surface area contributed by atoms with Crippen molar-refractivity contribution in [3.8, 4) is 11.1 Å². The molecule has 142 valence electrons. The Morgan fingerprint density at radius 1 is 0.929 bits per heavy atom. The first kappa shape index (κ1) is 19.6. The molecular formula is C23H20ClNO3. The van der Waals surface area contributed by atoms with Gasteiger partial charge in [0.2, 0.25) is 0 Å². The van der Waals surface area contributed by atoms with Gasteiger partial charge in [-0.25, -0.2) is 4.79 Å². The van der Waals surface area contributed by atoms with Crippen molar-refractivity contribution >= 4 is 23.5 Å². The lowest BCUT2D eigenvalue weighted by Crippen LogP contribution is -2.31. The number of esters is 1. The van der Waals surface area contributed by atoms with Crippen LogP contribution in [0.1, 0.15) is 28.9 Å². The molecule has 5 heteroatoms. The van der Waals surface area contributed by atoms with E-state index in [2.05, 4.69) is 5.32 Å². The van der Waals surface area contributed by atoms with Crippen LogP contribution in [0.3, 0.4) is 0 Å². The van der Waals surface area contributed by atoms with Gasteiger partial charge in [0.05, 0.1) is 11.6 Å². The fourth-order valence-electron chi connectivity index (χ4n) is 2.93. The number of rotatable bonds is 6. The van der Waals surface area contributed by atoms with Crippen molar-refractivity contribution in [3.63, 3.8) is 0 Å². The van der Waals surface area contributed by atoms with E-state index in [0.29, 0.717) is 10.6 Å². The maximum Gasteiger partial charge on any atom is 0.339 e. The van der Waals surface area contributed by atoms with Crippen LogP contribution < -0.4 is 5.32 Å². The minimum absolute atomic E-state index is 0.295. The molecule has 1 N–H and O–H groups in total. The van der Waals surface area contributed by atoms with E-state index >= 15 is 0 Å². The topological polar surface area (TPSA) is 55.4 Å². The van der Waals surface area contributed by atoms with Crippen molar-refractivity contribution in [2.24, 2.45) is 0 Å². The molecule has 3 aromatic rings. The van der Waals surface area contributed by atoms with Crippen LogP contribution in [0, 0.1) is 0 Å². The van der Waals surface area contributed by atoms with Crippen LogP contribution in [0.4, 0.5) is 0 Å². The Balaban J connectivity index is 1.63. The molecule has 0 saturated heterocycles. The minimum atomic E-state index is -0.542. The van der Waals surface area contributed by atoms with Gasteiger partial charge in [-0.2, -0.15) is 0 Å². The highest BCUT2D eigenvalue weighted by Gasteiger charge is 2.17. The largest absolute Gasteiger partial charge is 0.452 e. The van der Waals surface area contributed by atoms with Crippen molar-refractivity contribution in [2.75, 3.05) is 6.61 Å². The molecule has 1 amide bonds. The van der Waals surface area contributed by atoms with Gasteiger partial charge < -0.3 is 10.1 Å². The number of benzene rings is 3. The zero-order chi connectivity index (χ0) is 19.9. The zero-order valence-corrected chi connectivity index (χ0v) is 16.1. The second-order valence-corrected chi connectivity index (χ2v) is 6.71. The summed E-state index contributed by atoms with van der Waals surface area (Å²) in [6.07, 6.45) is 0.